The molecule has 0 aromatic carbocycles. The smallest absolute Gasteiger partial charge is 0.105 e. The molecule has 0 aromatic rings. The minimum atomic E-state index is 0.984. The number of hydrogen-bond donors (Lipinski definition) is 0. The van der Waals surface area contributed by atoms with Crippen molar-refractivity contribution in [2.75, 3.05) is 0 Å². The van der Waals surface area contributed by atoms with Gasteiger partial charge in [-0.05, 0) is 13.3 Å². The zero-order valence-electron chi connectivity index (χ0n) is 10.5. The lowest BCUT2D eigenvalue weighted by molar-refractivity contribution is 0.445. The summed E-state index contributed by atoms with van der Waals surface area (Å²) in [6, 6.07) is 0. The summed E-state index contributed by atoms with van der Waals surface area (Å²) >= 11 is 0. The molecule has 15 heavy (non-hydrogen) atoms. The van der Waals surface area contributed by atoms with Crippen molar-refractivity contribution in [1.82, 2.24) is 0 Å². The highest BCUT2D eigenvalue weighted by Crippen LogP contribution is 2.49. The van der Waals surface area contributed by atoms with Crippen LogP contribution in [0.4, 0.5) is 0 Å². The second-order valence-electron chi connectivity index (χ2n) is 5.52. The number of allylic oxidation sites excluding steroid dienone is 2. The standard InChI is InChI=1S/C14H25B/c1-3-7-12(4-2)15-13-8-5-9-14(15)11-6-10-13/h4,13-14H,3,5-11H2,1-2H3. The van der Waals surface area contributed by atoms with Crippen LogP contribution < -0.4 is 0 Å². The van der Waals surface area contributed by atoms with Crippen LogP contribution in [0, 0.1) is 0 Å². The third-order valence-corrected chi connectivity index (χ3v) is 4.65. The van der Waals surface area contributed by atoms with E-state index in [1.54, 1.807) is 5.47 Å². The third-order valence-electron chi connectivity index (χ3n) is 4.65. The summed E-state index contributed by atoms with van der Waals surface area (Å²) in [5, 5.41) is 0. The lowest BCUT2D eigenvalue weighted by Gasteiger charge is -2.41. The topological polar surface area (TPSA) is 0 Å². The Labute approximate surface area is 95.6 Å². The average molecular weight is 204 g/mol. The Morgan fingerprint density at radius 2 is 1.67 bits per heavy atom. The van der Waals surface area contributed by atoms with Crippen molar-refractivity contribution in [2.45, 2.75) is 76.8 Å². The first kappa shape index (κ1) is 11.3. The Hall–Kier alpha value is -0.195. The zero-order chi connectivity index (χ0) is 10.7. The Kier molecular flexibility index (Phi) is 3.94. The third kappa shape index (κ3) is 2.32. The van der Waals surface area contributed by atoms with Gasteiger partial charge in [-0.15, -0.1) is 5.47 Å². The van der Waals surface area contributed by atoms with Crippen molar-refractivity contribution >= 4 is 6.71 Å². The molecule has 0 spiro atoms. The molecule has 0 radical (unpaired) electrons. The molecule has 0 amide bonds. The van der Waals surface area contributed by atoms with Gasteiger partial charge in [-0.2, -0.15) is 0 Å². The van der Waals surface area contributed by atoms with Gasteiger partial charge >= 0.3 is 0 Å². The fourth-order valence-electron chi connectivity index (χ4n) is 4.07. The highest BCUT2D eigenvalue weighted by Gasteiger charge is 2.40. The zero-order valence-corrected chi connectivity index (χ0v) is 10.5. The van der Waals surface area contributed by atoms with Crippen LogP contribution in [0.3, 0.4) is 0 Å². The first-order valence-electron chi connectivity index (χ1n) is 7.02. The number of hydrogen-bond acceptors (Lipinski definition) is 0. The summed E-state index contributed by atoms with van der Waals surface area (Å²) in [5.41, 5.74) is 1.80. The normalized spacial score (nSPS) is 31.9. The number of rotatable bonds is 3. The molecule has 1 heteroatoms. The van der Waals surface area contributed by atoms with E-state index in [9.17, 15) is 0 Å². The van der Waals surface area contributed by atoms with E-state index in [0.717, 1.165) is 18.3 Å². The van der Waals surface area contributed by atoms with Crippen LogP contribution in [0.5, 0.6) is 0 Å². The van der Waals surface area contributed by atoms with E-state index in [2.05, 4.69) is 19.9 Å². The molecule has 0 unspecified atom stereocenters. The molecular weight excluding hydrogens is 179 g/mol. The van der Waals surface area contributed by atoms with Crippen molar-refractivity contribution in [3.05, 3.63) is 11.5 Å². The lowest BCUT2D eigenvalue weighted by Crippen LogP contribution is -2.36. The maximum absolute atomic E-state index is 2.44. The summed E-state index contributed by atoms with van der Waals surface area (Å²) in [6.07, 6.45) is 14.2. The summed E-state index contributed by atoms with van der Waals surface area (Å²) < 4.78 is 0. The summed E-state index contributed by atoms with van der Waals surface area (Å²) in [7, 11) is 0. The number of fused-ring (bicyclic) bond motifs is 2. The van der Waals surface area contributed by atoms with Crippen molar-refractivity contribution in [2.24, 2.45) is 0 Å². The van der Waals surface area contributed by atoms with Gasteiger partial charge in [-0.3, -0.25) is 0 Å². The first-order chi connectivity index (χ1) is 7.36. The quantitative estimate of drug-likeness (QED) is 0.575. The summed E-state index contributed by atoms with van der Waals surface area (Å²) in [6.45, 7) is 5.56. The molecule has 2 fully saturated rings. The molecule has 2 saturated heterocycles. The average Bonchev–Trinajstić information content (AvgIpc) is 2.25. The second-order valence-corrected chi connectivity index (χ2v) is 5.52. The molecule has 0 saturated carbocycles. The minimum Gasteiger partial charge on any atom is -0.105 e. The van der Waals surface area contributed by atoms with Gasteiger partial charge in [0.05, 0.1) is 0 Å². The largest absolute Gasteiger partial charge is 0.176 e. The molecule has 2 aliphatic heterocycles. The highest BCUT2D eigenvalue weighted by molar-refractivity contribution is 6.70. The highest BCUT2D eigenvalue weighted by atomic mass is 14.3. The van der Waals surface area contributed by atoms with Crippen LogP contribution in [-0.4, -0.2) is 6.71 Å². The fourth-order valence-corrected chi connectivity index (χ4v) is 4.07. The van der Waals surface area contributed by atoms with Gasteiger partial charge in [0.2, 0.25) is 0 Å². The molecular formula is C14H25B. The van der Waals surface area contributed by atoms with Gasteiger partial charge in [-0.1, -0.05) is 69.6 Å². The lowest BCUT2D eigenvalue weighted by atomic mass is 9.24. The predicted molar refractivity (Wildman–Crippen MR) is 69.6 cm³/mol. The van der Waals surface area contributed by atoms with Gasteiger partial charge in [0.1, 0.15) is 0 Å². The van der Waals surface area contributed by atoms with E-state index < -0.39 is 0 Å². The molecule has 2 heterocycles. The summed E-state index contributed by atoms with van der Waals surface area (Å²) in [4.78, 5) is 0. The molecule has 0 aliphatic carbocycles. The molecule has 2 aliphatic rings. The van der Waals surface area contributed by atoms with Crippen LogP contribution in [0.15, 0.2) is 11.5 Å². The molecule has 0 nitrogen and oxygen atoms in total. The van der Waals surface area contributed by atoms with E-state index >= 15 is 0 Å². The maximum Gasteiger partial charge on any atom is 0.176 e. The summed E-state index contributed by atoms with van der Waals surface area (Å²) in [5.74, 6) is 2.10. The minimum absolute atomic E-state index is 0.984. The van der Waals surface area contributed by atoms with Gasteiger partial charge in [0, 0.05) is 0 Å². The monoisotopic (exact) mass is 204 g/mol. The van der Waals surface area contributed by atoms with E-state index in [4.69, 9.17) is 0 Å². The van der Waals surface area contributed by atoms with Crippen LogP contribution in [0.1, 0.15) is 65.2 Å². The molecule has 0 aromatic heterocycles. The Morgan fingerprint density at radius 3 is 2.07 bits per heavy atom. The molecule has 0 N–H and O–H groups in total. The van der Waals surface area contributed by atoms with Crippen molar-refractivity contribution < 1.29 is 0 Å². The molecule has 2 rings (SSSR count). The van der Waals surface area contributed by atoms with E-state index in [1.165, 1.54) is 51.4 Å². The van der Waals surface area contributed by atoms with Crippen molar-refractivity contribution in [1.29, 1.82) is 0 Å². The predicted octanol–water partition coefficient (Wildman–Crippen LogP) is 4.88. The maximum atomic E-state index is 2.44. The Bertz CT molecular complexity index is 209. The second kappa shape index (κ2) is 5.23. The van der Waals surface area contributed by atoms with E-state index in [-0.39, 0.29) is 0 Å². The Balaban J connectivity index is 2.11. The molecule has 0 atom stereocenters. The van der Waals surface area contributed by atoms with E-state index in [0.29, 0.717) is 0 Å². The van der Waals surface area contributed by atoms with Crippen molar-refractivity contribution in [3.63, 3.8) is 0 Å². The molecule has 84 valence electrons. The van der Waals surface area contributed by atoms with Crippen LogP contribution in [-0.2, 0) is 0 Å². The fraction of sp³-hybridized carbons (Fsp3) is 0.857. The SMILES string of the molecule is CC=C(CCC)B1C2CCCC1CCC2. The van der Waals surface area contributed by atoms with E-state index in [1.807, 2.05) is 0 Å². The van der Waals surface area contributed by atoms with Gasteiger partial charge in [0.15, 0.2) is 6.71 Å². The Morgan fingerprint density at radius 1 is 1.13 bits per heavy atom. The molecule has 2 bridgehead atoms. The van der Waals surface area contributed by atoms with Crippen LogP contribution in [0.2, 0.25) is 11.6 Å². The van der Waals surface area contributed by atoms with Crippen LogP contribution in [0.25, 0.3) is 0 Å². The van der Waals surface area contributed by atoms with Gasteiger partial charge in [-0.25, -0.2) is 0 Å². The van der Waals surface area contributed by atoms with Gasteiger partial charge < -0.3 is 0 Å². The van der Waals surface area contributed by atoms with Gasteiger partial charge in [0.25, 0.3) is 0 Å². The van der Waals surface area contributed by atoms with Crippen molar-refractivity contribution in [3.8, 4) is 0 Å². The first-order valence-corrected chi connectivity index (χ1v) is 7.02. The van der Waals surface area contributed by atoms with Crippen LogP contribution >= 0.6 is 0 Å².